The minimum atomic E-state index is -0.320. The molecule has 106 valence electrons. The topological polar surface area (TPSA) is 78.2 Å². The molecule has 1 fully saturated rings. The summed E-state index contributed by atoms with van der Waals surface area (Å²) < 4.78 is 5.32. The number of rotatable bonds is 5. The maximum absolute atomic E-state index is 12.5. The average Bonchev–Trinajstić information content (AvgIpc) is 2.52. The molecule has 1 atom stereocenters. The van der Waals surface area contributed by atoms with E-state index >= 15 is 0 Å². The lowest BCUT2D eigenvalue weighted by Gasteiger charge is -2.29. The minimum Gasteiger partial charge on any atom is -0.378 e. The van der Waals surface area contributed by atoms with Gasteiger partial charge in [-0.3, -0.25) is 9.78 Å². The Morgan fingerprint density at radius 2 is 2.55 bits per heavy atom. The molecule has 1 aromatic heterocycles. The van der Waals surface area contributed by atoms with E-state index in [2.05, 4.69) is 16.4 Å². The van der Waals surface area contributed by atoms with Crippen LogP contribution in [0.4, 0.5) is 0 Å². The monoisotopic (exact) mass is 274 g/mol. The predicted octanol–water partition coefficient (Wildman–Crippen LogP) is 0.312. The summed E-state index contributed by atoms with van der Waals surface area (Å²) in [6.07, 6.45) is 3.75. The molecule has 0 saturated carbocycles. The number of aromatic nitrogens is 1. The standard InChI is InChI=1S/C14H18N4O2/c15-4-2-7-18(10-12-3-1-5-16-9-12)14(19)13-11-20-8-6-17-13/h1,3,5,9,13,17H,2,6-8,10-11H2. The van der Waals surface area contributed by atoms with Gasteiger partial charge in [-0.2, -0.15) is 5.26 Å². The van der Waals surface area contributed by atoms with Gasteiger partial charge in [0.2, 0.25) is 5.91 Å². The number of ether oxygens (including phenoxy) is 1. The maximum Gasteiger partial charge on any atom is 0.242 e. The lowest BCUT2D eigenvalue weighted by atomic mass is 10.2. The predicted molar refractivity (Wildman–Crippen MR) is 72.5 cm³/mol. The van der Waals surface area contributed by atoms with Crippen LogP contribution in [0, 0.1) is 11.3 Å². The summed E-state index contributed by atoms with van der Waals surface area (Å²) in [7, 11) is 0. The van der Waals surface area contributed by atoms with Crippen molar-refractivity contribution in [1.82, 2.24) is 15.2 Å². The first-order valence-corrected chi connectivity index (χ1v) is 6.67. The summed E-state index contributed by atoms with van der Waals surface area (Å²) in [5.74, 6) is -0.0243. The van der Waals surface area contributed by atoms with E-state index in [1.165, 1.54) is 0 Å². The van der Waals surface area contributed by atoms with Gasteiger partial charge in [0, 0.05) is 32.0 Å². The van der Waals surface area contributed by atoms with Crippen LogP contribution >= 0.6 is 0 Å². The average molecular weight is 274 g/mol. The molecule has 6 heteroatoms. The van der Waals surface area contributed by atoms with Gasteiger partial charge in [-0.25, -0.2) is 0 Å². The SMILES string of the molecule is N#CCCN(Cc1cccnc1)C(=O)C1COCCN1. The van der Waals surface area contributed by atoms with E-state index in [4.69, 9.17) is 10.00 Å². The van der Waals surface area contributed by atoms with E-state index < -0.39 is 0 Å². The zero-order valence-corrected chi connectivity index (χ0v) is 11.3. The summed E-state index contributed by atoms with van der Waals surface area (Å²) in [4.78, 5) is 18.2. The Morgan fingerprint density at radius 1 is 1.65 bits per heavy atom. The molecule has 0 bridgehead atoms. The van der Waals surface area contributed by atoms with Crippen LogP contribution in [0.1, 0.15) is 12.0 Å². The third-order valence-corrected chi connectivity index (χ3v) is 3.12. The van der Waals surface area contributed by atoms with E-state index in [1.807, 2.05) is 12.1 Å². The van der Waals surface area contributed by atoms with E-state index in [0.717, 1.165) is 5.56 Å². The molecule has 0 spiro atoms. The zero-order valence-electron chi connectivity index (χ0n) is 11.3. The number of amides is 1. The number of carbonyl (C=O) groups is 1. The Morgan fingerprint density at radius 3 is 3.20 bits per heavy atom. The molecule has 1 unspecified atom stereocenters. The molecule has 6 nitrogen and oxygen atoms in total. The Balaban J connectivity index is 2.02. The molecule has 2 heterocycles. The van der Waals surface area contributed by atoms with Crippen LogP contribution in [-0.4, -0.2) is 48.1 Å². The lowest BCUT2D eigenvalue weighted by molar-refractivity contribution is -0.137. The number of nitriles is 1. The third-order valence-electron chi connectivity index (χ3n) is 3.12. The number of nitrogens with zero attached hydrogens (tertiary/aromatic N) is 3. The van der Waals surface area contributed by atoms with Crippen LogP contribution in [-0.2, 0) is 16.1 Å². The van der Waals surface area contributed by atoms with Gasteiger partial charge >= 0.3 is 0 Å². The molecule has 2 rings (SSSR count). The molecule has 1 aromatic rings. The smallest absolute Gasteiger partial charge is 0.242 e. The van der Waals surface area contributed by atoms with Crippen molar-refractivity contribution in [2.75, 3.05) is 26.3 Å². The van der Waals surface area contributed by atoms with Gasteiger partial charge in [0.05, 0.1) is 25.7 Å². The highest BCUT2D eigenvalue weighted by atomic mass is 16.5. The largest absolute Gasteiger partial charge is 0.378 e. The van der Waals surface area contributed by atoms with Crippen LogP contribution in [0.25, 0.3) is 0 Å². The maximum atomic E-state index is 12.5. The first-order chi connectivity index (χ1) is 9.81. The Hall–Kier alpha value is -1.97. The summed E-state index contributed by atoms with van der Waals surface area (Å²) in [5, 5.41) is 11.9. The summed E-state index contributed by atoms with van der Waals surface area (Å²) in [6, 6.07) is 5.52. The second-order valence-corrected chi connectivity index (χ2v) is 4.61. The number of nitrogens with one attached hydrogen (secondary N) is 1. The molecule has 0 aromatic carbocycles. The first-order valence-electron chi connectivity index (χ1n) is 6.67. The van der Waals surface area contributed by atoms with Crippen LogP contribution in [0.15, 0.2) is 24.5 Å². The fourth-order valence-electron chi connectivity index (χ4n) is 2.11. The number of morpholine rings is 1. The summed E-state index contributed by atoms with van der Waals surface area (Å²) in [5.41, 5.74) is 0.954. The second kappa shape index (κ2) is 7.58. The van der Waals surface area contributed by atoms with Crippen LogP contribution in [0.3, 0.4) is 0 Å². The van der Waals surface area contributed by atoms with Crippen molar-refractivity contribution >= 4 is 5.91 Å². The minimum absolute atomic E-state index is 0.0243. The number of carbonyl (C=O) groups excluding carboxylic acids is 1. The number of hydrogen-bond acceptors (Lipinski definition) is 5. The Labute approximate surface area is 118 Å². The molecule has 1 amide bonds. The highest BCUT2D eigenvalue weighted by Gasteiger charge is 2.26. The van der Waals surface area contributed by atoms with Crippen molar-refractivity contribution in [3.8, 4) is 6.07 Å². The first kappa shape index (κ1) is 14.4. The lowest BCUT2D eigenvalue weighted by Crippen LogP contribution is -2.52. The third kappa shape index (κ3) is 4.02. The van der Waals surface area contributed by atoms with Crippen LogP contribution < -0.4 is 5.32 Å². The highest BCUT2D eigenvalue weighted by Crippen LogP contribution is 2.07. The van der Waals surface area contributed by atoms with Gasteiger partial charge in [0.25, 0.3) is 0 Å². The van der Waals surface area contributed by atoms with Gasteiger partial charge in [-0.05, 0) is 11.6 Å². The van der Waals surface area contributed by atoms with Crippen molar-refractivity contribution in [2.45, 2.75) is 19.0 Å². The number of pyridine rings is 1. The molecule has 0 radical (unpaired) electrons. The van der Waals surface area contributed by atoms with Crippen molar-refractivity contribution in [2.24, 2.45) is 0 Å². The molecule has 1 aliphatic heterocycles. The normalized spacial score (nSPS) is 18.2. The van der Waals surface area contributed by atoms with Gasteiger partial charge in [0.1, 0.15) is 6.04 Å². The van der Waals surface area contributed by atoms with E-state index in [1.54, 1.807) is 17.3 Å². The van der Waals surface area contributed by atoms with E-state index in [-0.39, 0.29) is 11.9 Å². The van der Waals surface area contributed by atoms with Gasteiger partial charge in [0.15, 0.2) is 0 Å². The molecule has 20 heavy (non-hydrogen) atoms. The molecule has 1 N–H and O–H groups in total. The number of hydrogen-bond donors (Lipinski definition) is 1. The van der Waals surface area contributed by atoms with Crippen LogP contribution in [0.2, 0.25) is 0 Å². The fraction of sp³-hybridized carbons (Fsp3) is 0.500. The molecule has 0 aliphatic carbocycles. The Bertz CT molecular complexity index is 466. The quantitative estimate of drug-likeness (QED) is 0.836. The second-order valence-electron chi connectivity index (χ2n) is 4.61. The molecular weight excluding hydrogens is 256 g/mol. The molecule has 1 aliphatic rings. The summed E-state index contributed by atoms with van der Waals surface area (Å²) in [6.45, 7) is 2.57. The van der Waals surface area contributed by atoms with Gasteiger partial charge in [-0.1, -0.05) is 6.07 Å². The van der Waals surface area contributed by atoms with Crippen LogP contribution in [0.5, 0.6) is 0 Å². The van der Waals surface area contributed by atoms with Crippen molar-refractivity contribution in [3.05, 3.63) is 30.1 Å². The van der Waals surface area contributed by atoms with E-state index in [9.17, 15) is 4.79 Å². The summed E-state index contributed by atoms with van der Waals surface area (Å²) >= 11 is 0. The van der Waals surface area contributed by atoms with E-state index in [0.29, 0.717) is 39.3 Å². The van der Waals surface area contributed by atoms with Crippen molar-refractivity contribution < 1.29 is 9.53 Å². The zero-order chi connectivity index (χ0) is 14.2. The highest BCUT2D eigenvalue weighted by molar-refractivity contribution is 5.82. The fourth-order valence-corrected chi connectivity index (χ4v) is 2.11. The van der Waals surface area contributed by atoms with Gasteiger partial charge < -0.3 is 15.0 Å². The molecule has 1 saturated heterocycles. The molecular formula is C14H18N4O2. The Kier molecular flexibility index (Phi) is 5.47. The van der Waals surface area contributed by atoms with Crippen molar-refractivity contribution in [3.63, 3.8) is 0 Å². The van der Waals surface area contributed by atoms with Gasteiger partial charge in [-0.15, -0.1) is 0 Å². The van der Waals surface area contributed by atoms with Crippen molar-refractivity contribution in [1.29, 1.82) is 5.26 Å².